The van der Waals surface area contributed by atoms with Crippen LogP contribution in [0.3, 0.4) is 0 Å². The summed E-state index contributed by atoms with van der Waals surface area (Å²) in [6.07, 6.45) is -4.66. The topological polar surface area (TPSA) is 104 Å². The number of halogens is 3. The van der Waals surface area contributed by atoms with Crippen molar-refractivity contribution in [3.05, 3.63) is 68.1 Å². The molecule has 0 bridgehead atoms. The fraction of sp³-hybridized carbons (Fsp3) is 0.133. The van der Waals surface area contributed by atoms with Crippen LogP contribution >= 0.6 is 0 Å². The smallest absolute Gasteiger partial charge is 0.375 e. The fourth-order valence-corrected chi connectivity index (χ4v) is 2.40. The van der Waals surface area contributed by atoms with Crippen LogP contribution in [0, 0.1) is 10.1 Å². The Morgan fingerprint density at radius 1 is 1.08 bits per heavy atom. The number of imidazole rings is 1. The van der Waals surface area contributed by atoms with Crippen LogP contribution in [-0.4, -0.2) is 14.9 Å². The summed E-state index contributed by atoms with van der Waals surface area (Å²) < 4.78 is 38.1. The van der Waals surface area contributed by atoms with Gasteiger partial charge in [-0.15, -0.1) is 0 Å². The number of hydrogen-bond donors (Lipinski definition) is 3. The molecule has 0 fully saturated rings. The number of fused-ring (bicyclic) bond motifs is 1. The summed E-state index contributed by atoms with van der Waals surface area (Å²) in [5, 5.41) is 13.8. The van der Waals surface area contributed by atoms with Gasteiger partial charge in [0, 0.05) is 12.6 Å². The van der Waals surface area contributed by atoms with Crippen LogP contribution in [0.1, 0.15) is 11.1 Å². The number of nitrogens with zero attached hydrogens (tertiary/aromatic N) is 1. The second-order valence-corrected chi connectivity index (χ2v) is 5.30. The van der Waals surface area contributed by atoms with E-state index in [9.17, 15) is 28.1 Å². The van der Waals surface area contributed by atoms with E-state index >= 15 is 0 Å². The van der Waals surface area contributed by atoms with Gasteiger partial charge in [0.2, 0.25) is 0 Å². The van der Waals surface area contributed by atoms with Crippen molar-refractivity contribution in [3.8, 4) is 0 Å². The van der Waals surface area contributed by atoms with Gasteiger partial charge in [-0.05, 0) is 29.8 Å². The van der Waals surface area contributed by atoms with Gasteiger partial charge in [0.05, 0.1) is 21.5 Å². The molecule has 0 saturated heterocycles. The van der Waals surface area contributed by atoms with E-state index in [1.54, 1.807) is 18.2 Å². The average Bonchev–Trinajstić information content (AvgIpc) is 2.91. The molecule has 0 spiro atoms. The lowest BCUT2D eigenvalue weighted by Crippen LogP contribution is -2.08. The molecule has 0 radical (unpaired) electrons. The summed E-state index contributed by atoms with van der Waals surface area (Å²) in [6, 6.07) is 7.31. The quantitative estimate of drug-likeness (QED) is 0.494. The molecule has 0 saturated carbocycles. The number of nitro benzene ring substituents is 1. The Labute approximate surface area is 137 Å². The molecule has 0 amide bonds. The van der Waals surface area contributed by atoms with Crippen molar-refractivity contribution < 1.29 is 18.1 Å². The highest BCUT2D eigenvalue weighted by Gasteiger charge is 2.33. The molecule has 0 unspecified atom stereocenters. The summed E-state index contributed by atoms with van der Waals surface area (Å²) in [4.78, 5) is 26.5. The van der Waals surface area contributed by atoms with Gasteiger partial charge in [-0.1, -0.05) is 6.07 Å². The first-order valence-corrected chi connectivity index (χ1v) is 7.04. The van der Waals surface area contributed by atoms with Crippen LogP contribution in [0.25, 0.3) is 11.0 Å². The maximum Gasteiger partial charge on any atom is 0.416 e. The van der Waals surface area contributed by atoms with Crippen LogP contribution in [0.4, 0.5) is 24.5 Å². The molecule has 3 rings (SSSR count). The highest BCUT2D eigenvalue weighted by Crippen LogP contribution is 2.35. The molecular formula is C15H11F3N4O3. The minimum Gasteiger partial charge on any atom is -0.375 e. The molecular weight excluding hydrogens is 341 g/mol. The molecule has 130 valence electrons. The molecule has 3 N–H and O–H groups in total. The van der Waals surface area contributed by atoms with E-state index in [1.165, 1.54) is 0 Å². The first-order chi connectivity index (χ1) is 11.7. The number of anilines is 1. The molecule has 10 heteroatoms. The Kier molecular flexibility index (Phi) is 3.95. The molecule has 7 nitrogen and oxygen atoms in total. The van der Waals surface area contributed by atoms with E-state index in [2.05, 4.69) is 15.3 Å². The van der Waals surface area contributed by atoms with Crippen molar-refractivity contribution in [1.82, 2.24) is 9.97 Å². The number of H-pyrrole nitrogens is 2. The molecule has 25 heavy (non-hydrogen) atoms. The van der Waals surface area contributed by atoms with Crippen LogP contribution in [0.15, 0.2) is 41.2 Å². The molecule has 0 aliphatic heterocycles. The van der Waals surface area contributed by atoms with Gasteiger partial charge in [-0.25, -0.2) is 4.79 Å². The van der Waals surface area contributed by atoms with Crippen LogP contribution < -0.4 is 11.0 Å². The van der Waals surface area contributed by atoms with Crippen molar-refractivity contribution in [2.75, 3.05) is 5.32 Å². The van der Waals surface area contributed by atoms with Crippen molar-refractivity contribution in [1.29, 1.82) is 0 Å². The highest BCUT2D eigenvalue weighted by molar-refractivity contribution is 5.75. The predicted octanol–water partition coefficient (Wildman–Crippen LogP) is 3.40. The molecule has 1 aromatic heterocycles. The molecule has 0 atom stereocenters. The minimum atomic E-state index is -4.66. The third-order valence-corrected chi connectivity index (χ3v) is 3.59. The van der Waals surface area contributed by atoms with E-state index in [-0.39, 0.29) is 17.9 Å². The average molecular weight is 352 g/mol. The first-order valence-electron chi connectivity index (χ1n) is 7.04. The standard InChI is InChI=1S/C15H11F3N4O3/c16-15(17,18)9-2-4-11(13(6-9)22(24)25)19-7-8-1-3-10-12(5-8)21-14(23)20-10/h1-6,19H,7H2,(H2,20,21,23). The second-order valence-electron chi connectivity index (χ2n) is 5.30. The van der Waals surface area contributed by atoms with E-state index < -0.39 is 22.4 Å². The summed E-state index contributed by atoms with van der Waals surface area (Å²) in [5.74, 6) is 0. The summed E-state index contributed by atoms with van der Waals surface area (Å²) >= 11 is 0. The van der Waals surface area contributed by atoms with Gasteiger partial charge >= 0.3 is 11.9 Å². The van der Waals surface area contributed by atoms with E-state index in [0.717, 1.165) is 12.1 Å². The number of alkyl halides is 3. The monoisotopic (exact) mass is 352 g/mol. The van der Waals surface area contributed by atoms with Crippen LogP contribution in [-0.2, 0) is 12.7 Å². The maximum atomic E-state index is 12.7. The molecule has 0 aliphatic rings. The van der Waals surface area contributed by atoms with Crippen molar-refractivity contribution in [3.63, 3.8) is 0 Å². The number of hydrogen-bond acceptors (Lipinski definition) is 4. The Bertz CT molecular complexity index is 1010. The van der Waals surface area contributed by atoms with Gasteiger partial charge in [0.1, 0.15) is 5.69 Å². The Hall–Kier alpha value is -3.30. The van der Waals surface area contributed by atoms with Gasteiger partial charge < -0.3 is 15.3 Å². The Balaban J connectivity index is 1.86. The van der Waals surface area contributed by atoms with Gasteiger partial charge in [-0.3, -0.25) is 10.1 Å². The zero-order chi connectivity index (χ0) is 18.2. The van der Waals surface area contributed by atoms with E-state index in [0.29, 0.717) is 22.7 Å². The largest absolute Gasteiger partial charge is 0.416 e. The predicted molar refractivity (Wildman–Crippen MR) is 84.3 cm³/mol. The SMILES string of the molecule is O=c1[nH]c2ccc(CNc3ccc(C(F)(F)F)cc3[N+](=O)[O-])cc2[nH]1. The van der Waals surface area contributed by atoms with Gasteiger partial charge in [0.15, 0.2) is 0 Å². The lowest BCUT2D eigenvalue weighted by atomic mass is 10.1. The lowest BCUT2D eigenvalue weighted by molar-refractivity contribution is -0.384. The van der Waals surface area contributed by atoms with Gasteiger partial charge in [0.25, 0.3) is 5.69 Å². The fourth-order valence-electron chi connectivity index (χ4n) is 2.40. The zero-order valence-corrected chi connectivity index (χ0v) is 12.5. The normalized spacial score (nSPS) is 11.6. The molecule has 0 aliphatic carbocycles. The van der Waals surface area contributed by atoms with E-state index in [4.69, 9.17) is 0 Å². The Morgan fingerprint density at radius 3 is 2.48 bits per heavy atom. The number of rotatable bonds is 4. The minimum absolute atomic E-state index is 0.0272. The van der Waals surface area contributed by atoms with Crippen molar-refractivity contribution in [2.24, 2.45) is 0 Å². The third-order valence-electron chi connectivity index (χ3n) is 3.59. The third kappa shape index (κ3) is 3.47. The lowest BCUT2D eigenvalue weighted by Gasteiger charge is -2.10. The number of nitro groups is 1. The molecule has 3 aromatic rings. The van der Waals surface area contributed by atoms with Crippen molar-refractivity contribution in [2.45, 2.75) is 12.7 Å². The van der Waals surface area contributed by atoms with E-state index in [1.807, 2.05) is 0 Å². The summed E-state index contributed by atoms with van der Waals surface area (Å²) in [6.45, 7) is 0.134. The molecule has 2 aromatic carbocycles. The van der Waals surface area contributed by atoms with Crippen LogP contribution in [0.2, 0.25) is 0 Å². The summed E-state index contributed by atoms with van der Waals surface area (Å²) in [7, 11) is 0. The molecule has 1 heterocycles. The van der Waals surface area contributed by atoms with Crippen molar-refractivity contribution >= 4 is 22.4 Å². The number of nitrogens with one attached hydrogen (secondary N) is 3. The first kappa shape index (κ1) is 16.6. The highest BCUT2D eigenvalue weighted by atomic mass is 19.4. The second kappa shape index (κ2) is 5.96. The Morgan fingerprint density at radius 2 is 1.80 bits per heavy atom. The number of aromatic amines is 2. The van der Waals surface area contributed by atoms with Gasteiger partial charge in [-0.2, -0.15) is 13.2 Å². The zero-order valence-electron chi connectivity index (χ0n) is 12.5. The maximum absolute atomic E-state index is 12.7. The number of benzene rings is 2. The summed E-state index contributed by atoms with van der Waals surface area (Å²) in [5.41, 5.74) is -0.279. The van der Waals surface area contributed by atoms with Crippen LogP contribution in [0.5, 0.6) is 0 Å². The number of aromatic nitrogens is 2.